The number of rotatable bonds is 3. The van der Waals surface area contributed by atoms with Gasteiger partial charge in [-0.1, -0.05) is 18.2 Å². The average Bonchev–Trinajstić information content (AvgIpc) is 2.97. The molecule has 0 radical (unpaired) electrons. The molecule has 0 atom stereocenters. The molecule has 0 saturated heterocycles. The highest BCUT2D eigenvalue weighted by molar-refractivity contribution is 5.92. The van der Waals surface area contributed by atoms with Gasteiger partial charge in [-0.25, -0.2) is 0 Å². The molecule has 2 heterocycles. The second kappa shape index (κ2) is 4.78. The number of anilines is 1. The molecule has 0 amide bonds. The Hall–Kier alpha value is -2.87. The Bertz CT molecular complexity index is 744. The number of nitrogens with zero attached hydrogens (tertiary/aromatic N) is 3. The molecular formula is C14H10N4O. The fourth-order valence-corrected chi connectivity index (χ4v) is 1.89. The third-order valence-electron chi connectivity index (χ3n) is 2.82. The van der Waals surface area contributed by atoms with Crippen molar-refractivity contribution in [3.8, 4) is 6.07 Å². The highest BCUT2D eigenvalue weighted by Crippen LogP contribution is 2.24. The van der Waals surface area contributed by atoms with Gasteiger partial charge in [0.05, 0.1) is 23.7 Å². The number of fused-ring (bicyclic) bond motifs is 1. The molecule has 0 aliphatic heterocycles. The predicted octanol–water partition coefficient (Wildman–Crippen LogP) is 2.71. The summed E-state index contributed by atoms with van der Waals surface area (Å²) in [6.45, 7) is 0.570. The lowest BCUT2D eigenvalue weighted by molar-refractivity contribution is 0.564. The van der Waals surface area contributed by atoms with E-state index in [0.717, 1.165) is 16.5 Å². The monoisotopic (exact) mass is 250 g/mol. The van der Waals surface area contributed by atoms with Crippen molar-refractivity contribution in [2.24, 2.45) is 0 Å². The summed E-state index contributed by atoms with van der Waals surface area (Å²) >= 11 is 0. The van der Waals surface area contributed by atoms with Crippen LogP contribution in [0.2, 0.25) is 0 Å². The van der Waals surface area contributed by atoms with E-state index in [0.29, 0.717) is 17.9 Å². The molecule has 0 unspecified atom stereocenters. The van der Waals surface area contributed by atoms with Crippen molar-refractivity contribution in [1.29, 1.82) is 5.26 Å². The van der Waals surface area contributed by atoms with Gasteiger partial charge >= 0.3 is 0 Å². The Morgan fingerprint density at radius 3 is 2.89 bits per heavy atom. The molecule has 1 aromatic carbocycles. The quantitative estimate of drug-likeness (QED) is 0.773. The van der Waals surface area contributed by atoms with Crippen LogP contribution in [-0.2, 0) is 6.54 Å². The minimum atomic E-state index is 0.294. The Labute approximate surface area is 109 Å². The van der Waals surface area contributed by atoms with Crippen LogP contribution in [0.5, 0.6) is 0 Å². The first-order chi connectivity index (χ1) is 9.38. The SMILES string of the molecule is N#Cc1nnc2ccccc2c1NCc1ccoc1. The normalized spacial score (nSPS) is 10.3. The molecule has 5 nitrogen and oxygen atoms in total. The summed E-state index contributed by atoms with van der Waals surface area (Å²) in [7, 11) is 0. The second-order valence-electron chi connectivity index (χ2n) is 4.04. The van der Waals surface area contributed by atoms with E-state index < -0.39 is 0 Å². The van der Waals surface area contributed by atoms with Gasteiger partial charge in [0.25, 0.3) is 0 Å². The number of aromatic nitrogens is 2. The molecular weight excluding hydrogens is 240 g/mol. The van der Waals surface area contributed by atoms with Gasteiger partial charge in [0, 0.05) is 17.5 Å². The Morgan fingerprint density at radius 2 is 2.11 bits per heavy atom. The summed E-state index contributed by atoms with van der Waals surface area (Å²) in [4.78, 5) is 0. The lowest BCUT2D eigenvalue weighted by atomic mass is 10.1. The van der Waals surface area contributed by atoms with Crippen molar-refractivity contribution in [3.63, 3.8) is 0 Å². The van der Waals surface area contributed by atoms with Crippen molar-refractivity contribution in [2.45, 2.75) is 6.54 Å². The zero-order valence-electron chi connectivity index (χ0n) is 10.00. The van der Waals surface area contributed by atoms with E-state index in [1.165, 1.54) is 0 Å². The van der Waals surface area contributed by atoms with E-state index in [1.54, 1.807) is 12.5 Å². The van der Waals surface area contributed by atoms with Crippen LogP contribution in [0, 0.1) is 11.3 Å². The molecule has 19 heavy (non-hydrogen) atoms. The number of nitrogens with one attached hydrogen (secondary N) is 1. The van der Waals surface area contributed by atoms with Crippen LogP contribution in [0.4, 0.5) is 5.69 Å². The molecule has 3 aromatic rings. The summed E-state index contributed by atoms with van der Waals surface area (Å²) < 4.78 is 5.01. The van der Waals surface area contributed by atoms with Gasteiger partial charge in [0.1, 0.15) is 6.07 Å². The van der Waals surface area contributed by atoms with Gasteiger partial charge in [0.15, 0.2) is 5.69 Å². The molecule has 0 saturated carbocycles. The molecule has 3 rings (SSSR count). The topological polar surface area (TPSA) is 74.7 Å². The average molecular weight is 250 g/mol. The predicted molar refractivity (Wildman–Crippen MR) is 70.3 cm³/mol. The van der Waals surface area contributed by atoms with Gasteiger partial charge in [-0.15, -0.1) is 10.2 Å². The Kier molecular flexibility index (Phi) is 2.83. The standard InChI is InChI=1S/C14H10N4O/c15-7-13-14(16-8-10-5-6-19-9-10)11-3-1-2-4-12(11)17-18-13/h1-6,9H,8H2,(H,16,17). The zero-order chi connectivity index (χ0) is 13.1. The molecule has 0 aliphatic rings. The Balaban J connectivity index is 2.02. The van der Waals surface area contributed by atoms with Crippen molar-refractivity contribution in [1.82, 2.24) is 10.2 Å². The summed E-state index contributed by atoms with van der Waals surface area (Å²) in [5.41, 5.74) is 2.76. The van der Waals surface area contributed by atoms with E-state index >= 15 is 0 Å². The molecule has 0 aliphatic carbocycles. The van der Waals surface area contributed by atoms with Crippen molar-refractivity contribution >= 4 is 16.6 Å². The lowest BCUT2D eigenvalue weighted by Crippen LogP contribution is -2.04. The van der Waals surface area contributed by atoms with Gasteiger partial charge in [-0.05, 0) is 12.1 Å². The largest absolute Gasteiger partial charge is 0.472 e. The maximum Gasteiger partial charge on any atom is 0.186 e. The number of furan rings is 1. The molecule has 1 N–H and O–H groups in total. The van der Waals surface area contributed by atoms with E-state index in [-0.39, 0.29) is 0 Å². The third-order valence-corrected chi connectivity index (χ3v) is 2.82. The highest BCUT2D eigenvalue weighted by Gasteiger charge is 2.09. The van der Waals surface area contributed by atoms with E-state index in [9.17, 15) is 0 Å². The molecule has 2 aromatic heterocycles. The summed E-state index contributed by atoms with van der Waals surface area (Å²) in [6.07, 6.45) is 3.28. The maximum atomic E-state index is 9.12. The maximum absolute atomic E-state index is 9.12. The molecule has 5 heteroatoms. The first kappa shape index (κ1) is 11.2. The molecule has 0 bridgehead atoms. The van der Waals surface area contributed by atoms with Crippen molar-refractivity contribution in [2.75, 3.05) is 5.32 Å². The fourth-order valence-electron chi connectivity index (χ4n) is 1.89. The fraction of sp³-hybridized carbons (Fsp3) is 0.0714. The van der Waals surface area contributed by atoms with Crippen molar-refractivity contribution in [3.05, 3.63) is 54.1 Å². The third kappa shape index (κ3) is 2.11. The molecule has 92 valence electrons. The van der Waals surface area contributed by atoms with Crippen LogP contribution in [0.15, 0.2) is 47.3 Å². The van der Waals surface area contributed by atoms with Crippen LogP contribution in [0.25, 0.3) is 10.9 Å². The zero-order valence-corrected chi connectivity index (χ0v) is 10.00. The van der Waals surface area contributed by atoms with Gasteiger partial charge < -0.3 is 9.73 Å². The molecule has 0 fully saturated rings. The molecule has 0 spiro atoms. The second-order valence-corrected chi connectivity index (χ2v) is 4.04. The van der Waals surface area contributed by atoms with Crippen LogP contribution in [0.1, 0.15) is 11.3 Å². The number of hydrogen-bond acceptors (Lipinski definition) is 5. The van der Waals surface area contributed by atoms with Crippen LogP contribution >= 0.6 is 0 Å². The van der Waals surface area contributed by atoms with Crippen LogP contribution in [-0.4, -0.2) is 10.2 Å². The van der Waals surface area contributed by atoms with Gasteiger partial charge in [-0.3, -0.25) is 0 Å². The van der Waals surface area contributed by atoms with Crippen LogP contribution in [0.3, 0.4) is 0 Å². The minimum Gasteiger partial charge on any atom is -0.472 e. The van der Waals surface area contributed by atoms with Crippen molar-refractivity contribution < 1.29 is 4.42 Å². The highest BCUT2D eigenvalue weighted by atomic mass is 16.3. The van der Waals surface area contributed by atoms with Crippen LogP contribution < -0.4 is 5.32 Å². The summed E-state index contributed by atoms with van der Waals surface area (Å²) in [5, 5.41) is 21.2. The lowest BCUT2D eigenvalue weighted by Gasteiger charge is -2.09. The number of hydrogen-bond donors (Lipinski definition) is 1. The minimum absolute atomic E-state index is 0.294. The number of benzene rings is 1. The first-order valence-electron chi connectivity index (χ1n) is 5.79. The number of nitriles is 1. The van der Waals surface area contributed by atoms with E-state index in [2.05, 4.69) is 21.6 Å². The first-order valence-corrected chi connectivity index (χ1v) is 5.79. The summed E-state index contributed by atoms with van der Waals surface area (Å²) in [5.74, 6) is 0. The van der Waals surface area contributed by atoms with E-state index in [4.69, 9.17) is 9.68 Å². The van der Waals surface area contributed by atoms with Gasteiger partial charge in [-0.2, -0.15) is 5.26 Å². The van der Waals surface area contributed by atoms with E-state index in [1.807, 2.05) is 30.3 Å². The summed E-state index contributed by atoms with van der Waals surface area (Å²) in [6, 6.07) is 11.5. The smallest absolute Gasteiger partial charge is 0.186 e. The van der Waals surface area contributed by atoms with Gasteiger partial charge in [0.2, 0.25) is 0 Å². The Morgan fingerprint density at radius 1 is 1.21 bits per heavy atom.